The average molecular weight is 488 g/mol. The van der Waals surface area contributed by atoms with Gasteiger partial charge in [0.15, 0.2) is 5.11 Å². The Hall–Kier alpha value is -4.62. The second kappa shape index (κ2) is 8.87. The maximum atomic E-state index is 13.0. The van der Waals surface area contributed by atoms with Crippen LogP contribution in [0.3, 0.4) is 0 Å². The lowest BCUT2D eigenvalue weighted by molar-refractivity contribution is 0.0979. The number of rotatable bonds is 3. The molecule has 2 N–H and O–H groups in total. The van der Waals surface area contributed by atoms with Gasteiger partial charge in [-0.15, -0.1) is 15.0 Å². The molecule has 7 heteroatoms. The number of nitrogens with zero attached hydrogens (tertiary/aromatic N) is 3. The molecule has 0 unspecified atom stereocenters. The summed E-state index contributed by atoms with van der Waals surface area (Å²) in [6, 6.07) is 31.5. The summed E-state index contributed by atoms with van der Waals surface area (Å²) in [6.45, 7) is 1.97. The number of benzene rings is 5. The van der Waals surface area contributed by atoms with Gasteiger partial charge >= 0.3 is 0 Å². The summed E-state index contributed by atoms with van der Waals surface area (Å²) in [5.41, 5.74) is 4.68. The lowest BCUT2D eigenvalue weighted by Gasteiger charge is -2.12. The minimum absolute atomic E-state index is 0.219. The molecule has 6 aromatic rings. The Balaban J connectivity index is 1.27. The molecule has 0 saturated heterocycles. The molecule has 5 aromatic carbocycles. The summed E-state index contributed by atoms with van der Waals surface area (Å²) < 4.78 is 0. The van der Waals surface area contributed by atoms with Crippen LogP contribution in [0.4, 0.5) is 5.69 Å². The number of thiocarbonyl (C=S) groups is 1. The lowest BCUT2D eigenvalue weighted by atomic mass is 10.0. The molecule has 0 fully saturated rings. The highest BCUT2D eigenvalue weighted by molar-refractivity contribution is 7.80. The van der Waals surface area contributed by atoms with Gasteiger partial charge < -0.3 is 5.32 Å². The minimum Gasteiger partial charge on any atom is -0.332 e. The van der Waals surface area contributed by atoms with Crippen LogP contribution in [0, 0.1) is 6.92 Å². The van der Waals surface area contributed by atoms with Gasteiger partial charge in [0.05, 0.1) is 5.69 Å². The minimum atomic E-state index is -0.259. The number of anilines is 1. The first kappa shape index (κ1) is 21.9. The van der Waals surface area contributed by atoms with Crippen molar-refractivity contribution in [2.45, 2.75) is 6.92 Å². The maximum Gasteiger partial charge on any atom is 0.258 e. The van der Waals surface area contributed by atoms with E-state index in [9.17, 15) is 4.79 Å². The second-order valence-corrected chi connectivity index (χ2v) is 8.99. The van der Waals surface area contributed by atoms with Gasteiger partial charge in [0.25, 0.3) is 5.91 Å². The largest absolute Gasteiger partial charge is 0.332 e. The Bertz CT molecular complexity index is 1800. The molecule has 0 saturated carbocycles. The molecular formula is C29H21N5OS. The highest BCUT2D eigenvalue weighted by Gasteiger charge is 2.14. The fraction of sp³-hybridized carbons (Fsp3) is 0.0345. The molecule has 1 aromatic heterocycles. The van der Waals surface area contributed by atoms with Crippen LogP contribution in [-0.4, -0.2) is 26.0 Å². The normalized spacial score (nSPS) is 11.1. The van der Waals surface area contributed by atoms with E-state index in [1.165, 1.54) is 0 Å². The van der Waals surface area contributed by atoms with Crippen molar-refractivity contribution in [3.8, 4) is 5.69 Å². The van der Waals surface area contributed by atoms with Crippen LogP contribution in [0.15, 0.2) is 97.1 Å². The van der Waals surface area contributed by atoms with E-state index in [0.29, 0.717) is 5.56 Å². The molecule has 6 nitrogen and oxygen atoms in total. The van der Waals surface area contributed by atoms with Crippen LogP contribution in [0.2, 0.25) is 0 Å². The number of nitrogens with one attached hydrogen (secondary N) is 2. The molecule has 0 aliphatic heterocycles. The predicted octanol–water partition coefficient (Wildman–Crippen LogP) is 6.16. The van der Waals surface area contributed by atoms with Gasteiger partial charge in [-0.05, 0) is 65.1 Å². The highest BCUT2D eigenvalue weighted by atomic mass is 32.1. The smallest absolute Gasteiger partial charge is 0.258 e. The first-order chi connectivity index (χ1) is 17.6. The van der Waals surface area contributed by atoms with Crippen LogP contribution in [0.5, 0.6) is 0 Å². The highest BCUT2D eigenvalue weighted by Crippen LogP contribution is 2.25. The molecule has 1 amide bonds. The third-order valence-corrected chi connectivity index (χ3v) is 6.42. The van der Waals surface area contributed by atoms with Crippen molar-refractivity contribution in [1.82, 2.24) is 20.3 Å². The first-order valence-electron chi connectivity index (χ1n) is 11.5. The Labute approximate surface area is 212 Å². The van der Waals surface area contributed by atoms with Gasteiger partial charge in [0.2, 0.25) is 0 Å². The molecule has 1 heterocycles. The molecule has 0 aliphatic carbocycles. The zero-order valence-electron chi connectivity index (χ0n) is 19.4. The molecular weight excluding hydrogens is 466 g/mol. The van der Waals surface area contributed by atoms with E-state index < -0.39 is 0 Å². The van der Waals surface area contributed by atoms with E-state index >= 15 is 0 Å². The molecule has 0 atom stereocenters. The number of carbonyl (C=O) groups is 1. The molecule has 0 spiro atoms. The van der Waals surface area contributed by atoms with Crippen molar-refractivity contribution in [2.75, 3.05) is 5.32 Å². The van der Waals surface area contributed by atoms with E-state index in [1.807, 2.05) is 79.7 Å². The standard InChI is InChI=1S/C29H21N5OS/c1-18-16-25-26(33-34(32-25)27-15-7-11-20-9-3-5-13-22(20)27)17-24(18)30-29(36)31-28(35)23-14-6-10-19-8-2-4-12-21(19)23/h2-17H,1H3,(H2,30,31,35,36). The number of fused-ring (bicyclic) bond motifs is 3. The van der Waals surface area contributed by atoms with Crippen LogP contribution in [-0.2, 0) is 0 Å². The van der Waals surface area contributed by atoms with Crippen molar-refractivity contribution in [3.05, 3.63) is 108 Å². The molecule has 174 valence electrons. The van der Waals surface area contributed by atoms with E-state index in [-0.39, 0.29) is 11.0 Å². The van der Waals surface area contributed by atoms with E-state index in [0.717, 1.165) is 49.5 Å². The summed E-state index contributed by atoms with van der Waals surface area (Å²) in [6.07, 6.45) is 0. The van der Waals surface area contributed by atoms with Gasteiger partial charge in [-0.25, -0.2) is 0 Å². The van der Waals surface area contributed by atoms with E-state index in [2.05, 4.69) is 28.8 Å². The molecule has 0 radical (unpaired) electrons. The van der Waals surface area contributed by atoms with Gasteiger partial charge in [-0.3, -0.25) is 10.1 Å². The summed E-state index contributed by atoms with van der Waals surface area (Å²) in [5.74, 6) is -0.259. The Morgan fingerprint density at radius 2 is 1.39 bits per heavy atom. The maximum absolute atomic E-state index is 13.0. The van der Waals surface area contributed by atoms with Crippen LogP contribution in [0.1, 0.15) is 15.9 Å². The van der Waals surface area contributed by atoms with Gasteiger partial charge in [-0.2, -0.15) is 0 Å². The number of amides is 1. The number of aryl methyl sites for hydroxylation is 1. The molecule has 0 aliphatic rings. The fourth-order valence-electron chi connectivity index (χ4n) is 4.44. The van der Waals surface area contributed by atoms with Crippen molar-refractivity contribution < 1.29 is 4.79 Å². The number of hydrogen-bond donors (Lipinski definition) is 2. The van der Waals surface area contributed by atoms with Crippen LogP contribution >= 0.6 is 12.2 Å². The Kier molecular flexibility index (Phi) is 5.39. The number of carbonyl (C=O) groups excluding carboxylic acids is 1. The topological polar surface area (TPSA) is 71.8 Å². The Morgan fingerprint density at radius 3 is 2.17 bits per heavy atom. The third kappa shape index (κ3) is 3.95. The predicted molar refractivity (Wildman–Crippen MR) is 149 cm³/mol. The number of hydrogen-bond acceptors (Lipinski definition) is 4. The lowest BCUT2D eigenvalue weighted by Crippen LogP contribution is -2.34. The van der Waals surface area contributed by atoms with Gasteiger partial charge in [0, 0.05) is 16.6 Å². The monoisotopic (exact) mass is 487 g/mol. The van der Waals surface area contributed by atoms with Gasteiger partial charge in [-0.1, -0.05) is 72.8 Å². The quantitative estimate of drug-likeness (QED) is 0.293. The number of aromatic nitrogens is 3. The van der Waals surface area contributed by atoms with Crippen molar-refractivity contribution in [1.29, 1.82) is 0 Å². The Morgan fingerprint density at radius 1 is 0.778 bits per heavy atom. The molecule has 6 rings (SSSR count). The fourth-order valence-corrected chi connectivity index (χ4v) is 4.64. The summed E-state index contributed by atoms with van der Waals surface area (Å²) in [4.78, 5) is 14.6. The summed E-state index contributed by atoms with van der Waals surface area (Å²) in [7, 11) is 0. The average Bonchev–Trinajstić information content (AvgIpc) is 3.30. The van der Waals surface area contributed by atoms with E-state index in [4.69, 9.17) is 22.4 Å². The zero-order chi connectivity index (χ0) is 24.6. The SMILES string of the molecule is Cc1cc2nn(-c3cccc4ccccc34)nc2cc1NC(=S)NC(=O)c1cccc2ccccc12. The summed E-state index contributed by atoms with van der Waals surface area (Å²) in [5, 5.41) is 19.7. The van der Waals surface area contributed by atoms with Crippen LogP contribution < -0.4 is 10.6 Å². The molecule has 36 heavy (non-hydrogen) atoms. The van der Waals surface area contributed by atoms with Crippen molar-refractivity contribution in [3.63, 3.8) is 0 Å². The van der Waals surface area contributed by atoms with Crippen molar-refractivity contribution in [2.24, 2.45) is 0 Å². The van der Waals surface area contributed by atoms with Gasteiger partial charge in [0.1, 0.15) is 11.0 Å². The summed E-state index contributed by atoms with van der Waals surface area (Å²) >= 11 is 5.47. The van der Waals surface area contributed by atoms with E-state index in [1.54, 1.807) is 10.9 Å². The second-order valence-electron chi connectivity index (χ2n) is 8.58. The molecule has 0 bridgehead atoms. The third-order valence-electron chi connectivity index (χ3n) is 6.22. The van der Waals surface area contributed by atoms with Crippen molar-refractivity contribution >= 4 is 61.5 Å². The first-order valence-corrected chi connectivity index (χ1v) is 11.9. The van der Waals surface area contributed by atoms with Crippen LogP contribution in [0.25, 0.3) is 38.3 Å². The zero-order valence-corrected chi connectivity index (χ0v) is 20.2.